The van der Waals surface area contributed by atoms with Crippen LogP contribution in [0.5, 0.6) is 0 Å². The van der Waals surface area contributed by atoms with Gasteiger partial charge in [-0.25, -0.2) is 14.6 Å². The number of nitrogens with zero attached hydrogens (tertiary/aromatic N) is 2. The molecule has 1 N–H and O–H groups in total. The number of para-hydroxylation sites is 2. The standard InChI is InChI=1S/C16H14N2O5/c1-9-7-14(23-16(9)21)22-8-13(15(19)20)18-10(2)17-11-5-3-4-6-12(11)18/h3-8,14H,1-2H3,(H,19,20)/b13-8-. The van der Waals surface area contributed by atoms with Gasteiger partial charge in [0.15, 0.2) is 5.70 Å². The Hall–Kier alpha value is -3.09. The van der Waals surface area contributed by atoms with Gasteiger partial charge in [0.2, 0.25) is 0 Å². The fourth-order valence-electron chi connectivity index (χ4n) is 2.35. The van der Waals surface area contributed by atoms with Gasteiger partial charge in [-0.15, -0.1) is 0 Å². The first-order chi connectivity index (χ1) is 11.0. The van der Waals surface area contributed by atoms with Crippen molar-refractivity contribution in [1.82, 2.24) is 9.55 Å². The summed E-state index contributed by atoms with van der Waals surface area (Å²) in [5.41, 5.74) is 1.63. The molecule has 0 spiro atoms. The monoisotopic (exact) mass is 314 g/mol. The van der Waals surface area contributed by atoms with Crippen molar-refractivity contribution in [2.75, 3.05) is 0 Å². The van der Waals surface area contributed by atoms with Crippen molar-refractivity contribution >= 4 is 28.7 Å². The Morgan fingerprint density at radius 1 is 1.39 bits per heavy atom. The number of cyclic esters (lactones) is 1. The maximum absolute atomic E-state index is 11.6. The number of carbonyl (C=O) groups is 2. The molecule has 0 bridgehead atoms. The molecule has 2 heterocycles. The van der Waals surface area contributed by atoms with E-state index in [0.29, 0.717) is 22.4 Å². The van der Waals surface area contributed by atoms with E-state index in [9.17, 15) is 14.7 Å². The lowest BCUT2D eigenvalue weighted by Gasteiger charge is -2.11. The molecular formula is C16H14N2O5. The number of rotatable bonds is 4. The van der Waals surface area contributed by atoms with E-state index in [0.717, 1.165) is 6.26 Å². The van der Waals surface area contributed by atoms with Crippen LogP contribution in [0.25, 0.3) is 16.7 Å². The Labute approximate surface area is 131 Å². The minimum absolute atomic E-state index is 0.120. The highest BCUT2D eigenvalue weighted by Gasteiger charge is 2.24. The van der Waals surface area contributed by atoms with Crippen molar-refractivity contribution in [3.05, 3.63) is 48.0 Å². The number of carbonyl (C=O) groups excluding carboxylic acids is 1. The molecule has 1 atom stereocenters. The number of aromatic nitrogens is 2. The largest absolute Gasteiger partial charge is 0.476 e. The summed E-state index contributed by atoms with van der Waals surface area (Å²) in [6, 6.07) is 7.19. The van der Waals surface area contributed by atoms with E-state index in [-0.39, 0.29) is 5.70 Å². The number of hydrogen-bond acceptors (Lipinski definition) is 5. The van der Waals surface area contributed by atoms with E-state index in [2.05, 4.69) is 4.98 Å². The van der Waals surface area contributed by atoms with Gasteiger partial charge in [0.05, 0.1) is 11.0 Å². The first-order valence-electron chi connectivity index (χ1n) is 6.90. The summed E-state index contributed by atoms with van der Waals surface area (Å²) in [7, 11) is 0. The first-order valence-corrected chi connectivity index (χ1v) is 6.90. The Bertz CT molecular complexity index is 862. The molecule has 0 fully saturated rings. The van der Waals surface area contributed by atoms with Gasteiger partial charge in [-0.05, 0) is 26.0 Å². The fourth-order valence-corrected chi connectivity index (χ4v) is 2.35. The minimum atomic E-state index is -1.18. The summed E-state index contributed by atoms with van der Waals surface area (Å²) in [5, 5.41) is 9.49. The van der Waals surface area contributed by atoms with Gasteiger partial charge < -0.3 is 14.6 Å². The first kappa shape index (κ1) is 14.8. The zero-order valence-electron chi connectivity index (χ0n) is 12.5. The number of carboxylic acids is 1. The van der Waals surface area contributed by atoms with Gasteiger partial charge in [-0.2, -0.15) is 0 Å². The summed E-state index contributed by atoms with van der Waals surface area (Å²) in [4.78, 5) is 27.2. The highest BCUT2D eigenvalue weighted by molar-refractivity contribution is 6.10. The number of aryl methyl sites for hydroxylation is 1. The number of hydrogen-bond donors (Lipinski definition) is 1. The SMILES string of the molecule is CC1=CC(O/C=C(/C(=O)O)n2c(C)nc3ccccc32)OC1=O. The van der Waals surface area contributed by atoms with E-state index in [1.165, 1.54) is 10.6 Å². The topological polar surface area (TPSA) is 90.7 Å². The zero-order chi connectivity index (χ0) is 16.6. The van der Waals surface area contributed by atoms with Crippen molar-refractivity contribution in [2.45, 2.75) is 20.1 Å². The van der Waals surface area contributed by atoms with Crippen LogP contribution in [0.15, 0.2) is 42.2 Å². The Balaban J connectivity index is 1.98. The smallest absolute Gasteiger partial charge is 0.356 e. The molecule has 3 rings (SSSR count). The van der Waals surface area contributed by atoms with Crippen LogP contribution in [0.3, 0.4) is 0 Å². The second-order valence-electron chi connectivity index (χ2n) is 5.05. The zero-order valence-corrected chi connectivity index (χ0v) is 12.5. The maximum atomic E-state index is 11.6. The number of aliphatic carboxylic acids is 1. The van der Waals surface area contributed by atoms with Crippen LogP contribution < -0.4 is 0 Å². The van der Waals surface area contributed by atoms with Crippen molar-refractivity contribution < 1.29 is 24.2 Å². The van der Waals surface area contributed by atoms with Crippen LogP contribution in [0.1, 0.15) is 12.7 Å². The molecule has 1 aliphatic rings. The minimum Gasteiger partial charge on any atom is -0.476 e. The van der Waals surface area contributed by atoms with Gasteiger partial charge in [-0.3, -0.25) is 4.57 Å². The van der Waals surface area contributed by atoms with Crippen LogP contribution in [-0.4, -0.2) is 32.9 Å². The number of benzene rings is 1. The van der Waals surface area contributed by atoms with Crippen LogP contribution in [0.4, 0.5) is 0 Å². The van der Waals surface area contributed by atoms with Crippen molar-refractivity contribution in [3.8, 4) is 0 Å². The lowest BCUT2D eigenvalue weighted by Crippen LogP contribution is -2.14. The van der Waals surface area contributed by atoms with Gasteiger partial charge in [0, 0.05) is 11.6 Å². The number of carboxylic acid groups (broad SMARTS) is 1. The fraction of sp³-hybridized carbons (Fsp3) is 0.188. The van der Waals surface area contributed by atoms with E-state index in [1.54, 1.807) is 32.0 Å². The number of imidazole rings is 1. The average Bonchev–Trinajstić information content (AvgIpc) is 2.99. The normalized spacial score (nSPS) is 18.0. The van der Waals surface area contributed by atoms with Gasteiger partial charge >= 0.3 is 11.9 Å². The van der Waals surface area contributed by atoms with Crippen molar-refractivity contribution in [1.29, 1.82) is 0 Å². The summed E-state index contributed by atoms with van der Waals surface area (Å²) in [6.45, 7) is 3.30. The molecule has 7 nitrogen and oxygen atoms in total. The van der Waals surface area contributed by atoms with E-state index >= 15 is 0 Å². The lowest BCUT2D eigenvalue weighted by atomic mass is 10.3. The molecule has 2 aromatic rings. The molecular weight excluding hydrogens is 300 g/mol. The summed E-state index contributed by atoms with van der Waals surface area (Å²) >= 11 is 0. The van der Waals surface area contributed by atoms with Crippen LogP contribution in [0, 0.1) is 6.92 Å². The van der Waals surface area contributed by atoms with Crippen LogP contribution in [0.2, 0.25) is 0 Å². The molecule has 0 saturated carbocycles. The lowest BCUT2D eigenvalue weighted by molar-refractivity contribution is -0.152. The number of fused-ring (bicyclic) bond motifs is 1. The van der Waals surface area contributed by atoms with Crippen molar-refractivity contribution in [3.63, 3.8) is 0 Å². The van der Waals surface area contributed by atoms with Crippen molar-refractivity contribution in [2.24, 2.45) is 0 Å². The molecule has 0 radical (unpaired) electrons. The molecule has 23 heavy (non-hydrogen) atoms. The Morgan fingerprint density at radius 2 is 2.13 bits per heavy atom. The van der Waals surface area contributed by atoms with E-state index in [1.807, 2.05) is 6.07 Å². The summed E-state index contributed by atoms with van der Waals surface area (Å²) < 4.78 is 11.7. The van der Waals surface area contributed by atoms with Crippen LogP contribution >= 0.6 is 0 Å². The molecule has 7 heteroatoms. The molecule has 1 aliphatic heterocycles. The second kappa shape index (κ2) is 5.60. The van der Waals surface area contributed by atoms with Crippen LogP contribution in [-0.2, 0) is 19.1 Å². The Kier molecular flexibility index (Phi) is 3.61. The highest BCUT2D eigenvalue weighted by atomic mass is 16.7. The van der Waals surface area contributed by atoms with E-state index < -0.39 is 18.2 Å². The third-order valence-electron chi connectivity index (χ3n) is 3.43. The molecule has 0 saturated heterocycles. The average molecular weight is 314 g/mol. The van der Waals surface area contributed by atoms with Gasteiger partial charge in [0.25, 0.3) is 6.29 Å². The molecule has 118 valence electrons. The van der Waals surface area contributed by atoms with Gasteiger partial charge in [-0.1, -0.05) is 12.1 Å². The third kappa shape index (κ3) is 2.68. The third-order valence-corrected chi connectivity index (χ3v) is 3.43. The molecule has 0 aliphatic carbocycles. The number of ether oxygens (including phenoxy) is 2. The molecule has 1 aromatic heterocycles. The molecule has 1 unspecified atom stereocenters. The van der Waals surface area contributed by atoms with E-state index in [4.69, 9.17) is 9.47 Å². The predicted molar refractivity (Wildman–Crippen MR) is 81.1 cm³/mol. The molecule has 1 aromatic carbocycles. The number of esters is 1. The summed E-state index contributed by atoms with van der Waals surface area (Å²) in [5.74, 6) is -1.15. The quantitative estimate of drug-likeness (QED) is 0.528. The highest BCUT2D eigenvalue weighted by Crippen LogP contribution is 2.22. The Morgan fingerprint density at radius 3 is 2.78 bits per heavy atom. The predicted octanol–water partition coefficient (Wildman–Crippen LogP) is 2.07. The second-order valence-corrected chi connectivity index (χ2v) is 5.05. The summed E-state index contributed by atoms with van der Waals surface area (Å²) in [6.07, 6.45) is 1.63. The van der Waals surface area contributed by atoms with Gasteiger partial charge in [0.1, 0.15) is 12.1 Å². The molecule has 0 amide bonds. The maximum Gasteiger partial charge on any atom is 0.356 e.